The van der Waals surface area contributed by atoms with Gasteiger partial charge in [-0.25, -0.2) is 0 Å². The van der Waals surface area contributed by atoms with E-state index in [4.69, 9.17) is 0 Å². The summed E-state index contributed by atoms with van der Waals surface area (Å²) < 4.78 is 39.0. The zero-order chi connectivity index (χ0) is 21.0. The van der Waals surface area contributed by atoms with Gasteiger partial charge in [0, 0.05) is 19.6 Å². The average Bonchev–Trinajstić information content (AvgIpc) is 2.78. The second kappa shape index (κ2) is 9.22. The molecule has 1 aliphatic heterocycles. The van der Waals surface area contributed by atoms with Crippen LogP contribution in [0.1, 0.15) is 53.9 Å². The van der Waals surface area contributed by atoms with Gasteiger partial charge in [-0.2, -0.15) is 13.2 Å². The highest BCUT2D eigenvalue weighted by molar-refractivity contribution is 5.67. The maximum atomic E-state index is 13.0. The van der Waals surface area contributed by atoms with Crippen molar-refractivity contribution in [3.63, 3.8) is 0 Å². The van der Waals surface area contributed by atoms with Crippen LogP contribution in [0.15, 0.2) is 66.8 Å². The molecular weight excluding hydrogens is 383 g/mol. The second-order valence-electron chi connectivity index (χ2n) is 8.29. The SMILES string of the molecule is FC(F)(F)c1cccc(C2=CCN(CCc3ccccc3C3CC=CCC3)CC2)c1. The number of halogens is 3. The molecule has 0 amide bonds. The Bertz CT molecular complexity index is 926. The van der Waals surface area contributed by atoms with Gasteiger partial charge in [0.05, 0.1) is 5.56 Å². The predicted octanol–water partition coefficient (Wildman–Crippen LogP) is 6.86. The van der Waals surface area contributed by atoms with Crippen LogP contribution in [0.5, 0.6) is 0 Å². The zero-order valence-corrected chi connectivity index (χ0v) is 17.2. The molecule has 0 fully saturated rings. The highest BCUT2D eigenvalue weighted by Crippen LogP contribution is 2.33. The molecular formula is C26H28F3N. The van der Waals surface area contributed by atoms with Crippen LogP contribution in [0, 0.1) is 0 Å². The molecule has 0 saturated carbocycles. The third kappa shape index (κ3) is 5.04. The van der Waals surface area contributed by atoms with Crippen LogP contribution < -0.4 is 0 Å². The lowest BCUT2D eigenvalue weighted by Gasteiger charge is -2.28. The molecule has 2 aliphatic rings. The Kier molecular flexibility index (Phi) is 6.43. The molecule has 2 aromatic carbocycles. The molecule has 0 radical (unpaired) electrons. The van der Waals surface area contributed by atoms with Gasteiger partial charge < -0.3 is 0 Å². The topological polar surface area (TPSA) is 3.24 Å². The molecule has 158 valence electrons. The van der Waals surface area contributed by atoms with Crippen molar-refractivity contribution >= 4 is 5.57 Å². The molecule has 1 nitrogen and oxygen atoms in total. The number of hydrogen-bond donors (Lipinski definition) is 0. The maximum absolute atomic E-state index is 13.0. The summed E-state index contributed by atoms with van der Waals surface area (Å²) >= 11 is 0. The first-order valence-corrected chi connectivity index (χ1v) is 10.8. The quantitative estimate of drug-likeness (QED) is 0.486. The summed E-state index contributed by atoms with van der Waals surface area (Å²) in [7, 11) is 0. The lowest BCUT2D eigenvalue weighted by Crippen LogP contribution is -2.30. The van der Waals surface area contributed by atoms with Crippen molar-refractivity contribution in [2.75, 3.05) is 19.6 Å². The van der Waals surface area contributed by atoms with Crippen molar-refractivity contribution in [3.8, 4) is 0 Å². The summed E-state index contributed by atoms with van der Waals surface area (Å²) in [6.45, 7) is 2.66. The van der Waals surface area contributed by atoms with Crippen LogP contribution in [0.25, 0.3) is 5.57 Å². The third-order valence-corrected chi connectivity index (χ3v) is 6.32. The minimum absolute atomic E-state index is 0.572. The van der Waals surface area contributed by atoms with Crippen LogP contribution in [0.3, 0.4) is 0 Å². The molecule has 1 unspecified atom stereocenters. The first-order chi connectivity index (χ1) is 14.5. The minimum Gasteiger partial charge on any atom is -0.299 e. The van der Waals surface area contributed by atoms with Gasteiger partial charge in [0.15, 0.2) is 0 Å². The molecule has 0 N–H and O–H groups in total. The van der Waals surface area contributed by atoms with Crippen LogP contribution >= 0.6 is 0 Å². The van der Waals surface area contributed by atoms with Gasteiger partial charge in [0.1, 0.15) is 0 Å². The van der Waals surface area contributed by atoms with Gasteiger partial charge in [-0.1, -0.05) is 54.6 Å². The molecule has 4 rings (SSSR count). The molecule has 0 spiro atoms. The Hall–Kier alpha value is -2.33. The van der Waals surface area contributed by atoms with Crippen molar-refractivity contribution in [3.05, 3.63) is 89.0 Å². The normalized spacial score (nSPS) is 20.2. The maximum Gasteiger partial charge on any atom is 0.416 e. The summed E-state index contributed by atoms with van der Waals surface area (Å²) in [5, 5.41) is 0. The standard InChI is InChI=1S/C26H28F3N/c27-26(28,29)24-11-6-10-23(19-24)20-13-16-30(17-14-20)18-15-22-9-4-5-12-25(22)21-7-2-1-3-8-21/h1-2,4-6,9-13,19,21H,3,7-8,14-18H2. The number of benzene rings is 2. The number of nitrogens with zero attached hydrogens (tertiary/aromatic N) is 1. The Morgan fingerprint density at radius 2 is 1.87 bits per heavy atom. The molecule has 30 heavy (non-hydrogen) atoms. The minimum atomic E-state index is -4.29. The van der Waals surface area contributed by atoms with Crippen molar-refractivity contribution in [1.82, 2.24) is 4.90 Å². The highest BCUT2D eigenvalue weighted by atomic mass is 19.4. The predicted molar refractivity (Wildman–Crippen MR) is 116 cm³/mol. The zero-order valence-electron chi connectivity index (χ0n) is 17.2. The first kappa shape index (κ1) is 20.9. The Labute approximate surface area is 176 Å². The van der Waals surface area contributed by atoms with Crippen LogP contribution in [0.2, 0.25) is 0 Å². The van der Waals surface area contributed by atoms with Gasteiger partial charge in [-0.05, 0) is 72.4 Å². The monoisotopic (exact) mass is 411 g/mol. The number of alkyl halides is 3. The fourth-order valence-corrected chi connectivity index (χ4v) is 4.59. The Balaban J connectivity index is 1.38. The summed E-state index contributed by atoms with van der Waals surface area (Å²) in [4.78, 5) is 2.40. The lowest BCUT2D eigenvalue weighted by molar-refractivity contribution is -0.137. The molecule has 0 saturated heterocycles. The molecule has 1 heterocycles. The second-order valence-corrected chi connectivity index (χ2v) is 8.29. The average molecular weight is 412 g/mol. The number of rotatable bonds is 5. The number of allylic oxidation sites excluding steroid dienone is 2. The van der Waals surface area contributed by atoms with Crippen LogP contribution in [-0.2, 0) is 12.6 Å². The molecule has 2 aromatic rings. The van der Waals surface area contributed by atoms with Crippen LogP contribution in [0.4, 0.5) is 13.2 Å². The summed E-state index contributed by atoms with van der Waals surface area (Å²) in [6.07, 6.45) is 7.70. The van der Waals surface area contributed by atoms with Crippen molar-refractivity contribution in [2.45, 2.75) is 44.2 Å². The molecule has 0 aromatic heterocycles. The van der Waals surface area contributed by atoms with E-state index in [-0.39, 0.29) is 0 Å². The van der Waals surface area contributed by atoms with E-state index in [1.54, 1.807) is 6.07 Å². The van der Waals surface area contributed by atoms with E-state index in [0.29, 0.717) is 11.5 Å². The summed E-state index contributed by atoms with van der Waals surface area (Å²) in [5.41, 5.74) is 4.06. The van der Waals surface area contributed by atoms with E-state index in [1.807, 2.05) is 0 Å². The molecule has 1 atom stereocenters. The van der Waals surface area contributed by atoms with E-state index in [2.05, 4.69) is 47.4 Å². The fraction of sp³-hybridized carbons (Fsp3) is 0.385. The van der Waals surface area contributed by atoms with E-state index < -0.39 is 11.7 Å². The summed E-state index contributed by atoms with van der Waals surface area (Å²) in [5.74, 6) is 0.625. The summed E-state index contributed by atoms with van der Waals surface area (Å²) in [6, 6.07) is 14.5. The molecule has 4 heteroatoms. The molecule has 1 aliphatic carbocycles. The fourth-order valence-electron chi connectivity index (χ4n) is 4.59. The van der Waals surface area contributed by atoms with E-state index in [1.165, 1.54) is 29.7 Å². The van der Waals surface area contributed by atoms with E-state index >= 15 is 0 Å². The van der Waals surface area contributed by atoms with Gasteiger partial charge >= 0.3 is 6.18 Å². The highest BCUT2D eigenvalue weighted by Gasteiger charge is 2.30. The van der Waals surface area contributed by atoms with Crippen LogP contribution in [-0.4, -0.2) is 24.5 Å². The van der Waals surface area contributed by atoms with Gasteiger partial charge in [-0.15, -0.1) is 0 Å². The van der Waals surface area contributed by atoms with Gasteiger partial charge in [-0.3, -0.25) is 4.90 Å². The first-order valence-electron chi connectivity index (χ1n) is 10.8. The lowest BCUT2D eigenvalue weighted by atomic mass is 9.84. The largest absolute Gasteiger partial charge is 0.416 e. The molecule has 0 bridgehead atoms. The Morgan fingerprint density at radius 1 is 1.00 bits per heavy atom. The van der Waals surface area contributed by atoms with Crippen molar-refractivity contribution < 1.29 is 13.2 Å². The van der Waals surface area contributed by atoms with Crippen molar-refractivity contribution in [2.24, 2.45) is 0 Å². The van der Waals surface area contributed by atoms with Gasteiger partial charge in [0.2, 0.25) is 0 Å². The van der Waals surface area contributed by atoms with Crippen molar-refractivity contribution in [1.29, 1.82) is 0 Å². The third-order valence-electron chi connectivity index (χ3n) is 6.32. The number of hydrogen-bond acceptors (Lipinski definition) is 1. The Morgan fingerprint density at radius 3 is 2.60 bits per heavy atom. The smallest absolute Gasteiger partial charge is 0.299 e. The van der Waals surface area contributed by atoms with E-state index in [0.717, 1.165) is 57.0 Å². The van der Waals surface area contributed by atoms with E-state index in [9.17, 15) is 13.2 Å². The van der Waals surface area contributed by atoms with Gasteiger partial charge in [0.25, 0.3) is 0 Å².